The van der Waals surface area contributed by atoms with Gasteiger partial charge in [0.15, 0.2) is 0 Å². The van der Waals surface area contributed by atoms with Crippen molar-refractivity contribution in [1.82, 2.24) is 4.57 Å². The first kappa shape index (κ1) is 18.8. The summed E-state index contributed by atoms with van der Waals surface area (Å²) in [6, 6.07) is 12.1. The fourth-order valence-electron chi connectivity index (χ4n) is 2.99. The summed E-state index contributed by atoms with van der Waals surface area (Å²) in [6.07, 6.45) is -0.112. The molecule has 0 spiro atoms. The number of halogens is 2. The van der Waals surface area contributed by atoms with E-state index in [4.69, 9.17) is 11.6 Å². The summed E-state index contributed by atoms with van der Waals surface area (Å²) in [5.74, 6) is -1.23. The first-order chi connectivity index (χ1) is 12.3. The van der Waals surface area contributed by atoms with Crippen LogP contribution in [0.25, 0.3) is 10.9 Å². The maximum absolute atomic E-state index is 13.9. The zero-order valence-electron chi connectivity index (χ0n) is 14.5. The summed E-state index contributed by atoms with van der Waals surface area (Å²) in [7, 11) is 0. The number of aromatic nitrogens is 1. The monoisotopic (exact) mass is 391 g/mol. The predicted molar refractivity (Wildman–Crippen MR) is 105 cm³/mol. The third-order valence-corrected chi connectivity index (χ3v) is 5.42. The summed E-state index contributed by atoms with van der Waals surface area (Å²) in [5, 5.41) is 11.1. The highest BCUT2D eigenvalue weighted by Crippen LogP contribution is 2.37. The van der Waals surface area contributed by atoms with Crippen LogP contribution in [-0.2, 0) is 17.8 Å². The number of aliphatic carboxylic acids is 1. The van der Waals surface area contributed by atoms with Crippen molar-refractivity contribution in [3.8, 4) is 0 Å². The number of rotatable bonds is 6. The molecule has 3 aromatic rings. The van der Waals surface area contributed by atoms with Gasteiger partial charge in [-0.1, -0.05) is 37.6 Å². The van der Waals surface area contributed by atoms with Crippen LogP contribution in [0.3, 0.4) is 0 Å². The molecule has 3 nitrogen and oxygen atoms in total. The molecule has 0 saturated heterocycles. The predicted octanol–water partition coefficient (Wildman–Crippen LogP) is 5.61. The molecule has 1 aromatic heterocycles. The highest BCUT2D eigenvalue weighted by atomic mass is 35.5. The molecule has 0 fully saturated rings. The van der Waals surface area contributed by atoms with E-state index in [0.717, 1.165) is 21.4 Å². The molecule has 0 bridgehead atoms. The van der Waals surface area contributed by atoms with E-state index >= 15 is 0 Å². The van der Waals surface area contributed by atoms with Gasteiger partial charge in [0.05, 0.1) is 6.42 Å². The number of thioether (sulfide) groups is 1. The van der Waals surface area contributed by atoms with Crippen LogP contribution < -0.4 is 0 Å². The first-order valence-electron chi connectivity index (χ1n) is 8.28. The van der Waals surface area contributed by atoms with Crippen LogP contribution in [0.15, 0.2) is 47.4 Å². The topological polar surface area (TPSA) is 42.2 Å². The van der Waals surface area contributed by atoms with Crippen molar-refractivity contribution >= 4 is 40.2 Å². The van der Waals surface area contributed by atoms with Crippen LogP contribution in [0.5, 0.6) is 0 Å². The fraction of sp³-hybridized carbons (Fsp3) is 0.250. The Morgan fingerprint density at radius 2 is 1.92 bits per heavy atom. The van der Waals surface area contributed by atoms with Crippen molar-refractivity contribution in [1.29, 1.82) is 0 Å². The normalized spacial score (nSPS) is 11.4. The molecule has 1 heterocycles. The Kier molecular flexibility index (Phi) is 5.58. The Hall–Kier alpha value is -1.98. The minimum absolute atomic E-state index is 0.112. The highest BCUT2D eigenvalue weighted by Gasteiger charge is 2.21. The lowest BCUT2D eigenvalue weighted by molar-refractivity contribution is -0.136. The second-order valence-electron chi connectivity index (χ2n) is 6.39. The molecule has 6 heteroatoms. The number of hydrogen-bond donors (Lipinski definition) is 1. The summed E-state index contributed by atoms with van der Waals surface area (Å²) in [5.41, 5.74) is 2.54. The van der Waals surface area contributed by atoms with Gasteiger partial charge in [-0.05, 0) is 35.9 Å². The number of carboxylic acid groups (broad SMARTS) is 1. The average molecular weight is 392 g/mol. The Labute approximate surface area is 160 Å². The SMILES string of the molecule is CC(C)Sc1c(CC(=O)O)n(Cc2ccc(Cl)cc2)c2ccc(F)cc12. The summed E-state index contributed by atoms with van der Waals surface area (Å²) in [6.45, 7) is 4.58. The van der Waals surface area contributed by atoms with E-state index in [1.54, 1.807) is 17.8 Å². The molecule has 26 heavy (non-hydrogen) atoms. The van der Waals surface area contributed by atoms with E-state index in [1.807, 2.05) is 42.7 Å². The third-order valence-electron chi connectivity index (χ3n) is 4.01. The molecule has 1 N–H and O–H groups in total. The van der Waals surface area contributed by atoms with Gasteiger partial charge in [0.2, 0.25) is 0 Å². The average Bonchev–Trinajstić information content (AvgIpc) is 2.82. The molecule has 0 amide bonds. The van der Waals surface area contributed by atoms with Gasteiger partial charge in [-0.15, -0.1) is 11.8 Å². The fourth-order valence-corrected chi connectivity index (χ4v) is 4.19. The van der Waals surface area contributed by atoms with Gasteiger partial charge in [-0.3, -0.25) is 4.79 Å². The third kappa shape index (κ3) is 4.05. The number of benzene rings is 2. The lowest BCUT2D eigenvalue weighted by Gasteiger charge is -2.12. The Morgan fingerprint density at radius 3 is 2.54 bits per heavy atom. The van der Waals surface area contributed by atoms with Crippen LogP contribution in [-0.4, -0.2) is 20.9 Å². The zero-order chi connectivity index (χ0) is 18.8. The number of carboxylic acids is 1. The second-order valence-corrected chi connectivity index (χ2v) is 8.41. The number of carbonyl (C=O) groups is 1. The van der Waals surface area contributed by atoms with E-state index < -0.39 is 5.97 Å². The van der Waals surface area contributed by atoms with Crippen molar-refractivity contribution < 1.29 is 14.3 Å². The number of hydrogen-bond acceptors (Lipinski definition) is 2. The molecule has 0 saturated carbocycles. The summed E-state index contributed by atoms with van der Waals surface area (Å²) in [4.78, 5) is 12.3. The maximum Gasteiger partial charge on any atom is 0.309 e. The lowest BCUT2D eigenvalue weighted by Crippen LogP contribution is -2.10. The Balaban J connectivity index is 2.20. The quantitative estimate of drug-likeness (QED) is 0.555. The number of nitrogens with zero attached hydrogens (tertiary/aromatic N) is 1. The minimum Gasteiger partial charge on any atom is -0.481 e. The van der Waals surface area contributed by atoms with Gasteiger partial charge >= 0.3 is 5.97 Å². The van der Waals surface area contributed by atoms with E-state index in [0.29, 0.717) is 17.3 Å². The molecular formula is C20H19ClFNO2S. The van der Waals surface area contributed by atoms with Gasteiger partial charge in [0.1, 0.15) is 5.82 Å². The summed E-state index contributed by atoms with van der Waals surface area (Å²) >= 11 is 7.53. The van der Waals surface area contributed by atoms with Crippen LogP contribution in [0, 0.1) is 5.82 Å². The zero-order valence-corrected chi connectivity index (χ0v) is 16.1. The summed E-state index contributed by atoms with van der Waals surface area (Å²) < 4.78 is 15.8. The van der Waals surface area contributed by atoms with E-state index in [-0.39, 0.29) is 17.5 Å². The molecule has 0 aliphatic rings. The van der Waals surface area contributed by atoms with Crippen molar-refractivity contribution in [3.63, 3.8) is 0 Å². The first-order valence-corrected chi connectivity index (χ1v) is 9.54. The lowest BCUT2D eigenvalue weighted by atomic mass is 10.2. The van der Waals surface area contributed by atoms with Gasteiger partial charge < -0.3 is 9.67 Å². The van der Waals surface area contributed by atoms with Gasteiger partial charge in [-0.25, -0.2) is 4.39 Å². The van der Waals surface area contributed by atoms with Gasteiger partial charge in [0.25, 0.3) is 0 Å². The largest absolute Gasteiger partial charge is 0.481 e. The van der Waals surface area contributed by atoms with Gasteiger partial charge in [-0.2, -0.15) is 0 Å². The smallest absolute Gasteiger partial charge is 0.309 e. The van der Waals surface area contributed by atoms with Crippen LogP contribution in [0.1, 0.15) is 25.1 Å². The van der Waals surface area contributed by atoms with Crippen molar-refractivity contribution in [2.75, 3.05) is 0 Å². The Bertz CT molecular complexity index is 951. The standard InChI is InChI=1S/C20H19ClFNO2S/c1-12(2)26-20-16-9-15(22)7-8-17(16)23(18(20)10-19(24)25)11-13-3-5-14(21)6-4-13/h3-9,12H,10-11H2,1-2H3,(H,24,25). The van der Waals surface area contributed by atoms with Crippen LogP contribution in [0.2, 0.25) is 5.02 Å². The molecule has 0 unspecified atom stereocenters. The van der Waals surface area contributed by atoms with E-state index in [9.17, 15) is 14.3 Å². The van der Waals surface area contributed by atoms with Crippen molar-refractivity contribution in [3.05, 3.63) is 64.6 Å². The van der Waals surface area contributed by atoms with E-state index in [1.165, 1.54) is 12.1 Å². The molecule has 136 valence electrons. The van der Waals surface area contributed by atoms with Crippen molar-refractivity contribution in [2.24, 2.45) is 0 Å². The van der Waals surface area contributed by atoms with Crippen molar-refractivity contribution in [2.45, 2.75) is 37.0 Å². The molecule has 0 aliphatic heterocycles. The maximum atomic E-state index is 13.9. The van der Waals surface area contributed by atoms with Crippen LogP contribution >= 0.6 is 23.4 Å². The highest BCUT2D eigenvalue weighted by molar-refractivity contribution is 8.00. The Morgan fingerprint density at radius 1 is 1.23 bits per heavy atom. The number of fused-ring (bicyclic) bond motifs is 1. The minimum atomic E-state index is -0.906. The molecular weight excluding hydrogens is 373 g/mol. The second kappa shape index (κ2) is 7.72. The molecule has 3 rings (SSSR count). The van der Waals surface area contributed by atoms with Crippen LogP contribution in [0.4, 0.5) is 4.39 Å². The molecule has 0 radical (unpaired) electrons. The van der Waals surface area contributed by atoms with Gasteiger partial charge in [0, 0.05) is 38.3 Å². The molecule has 0 aliphatic carbocycles. The molecule has 0 atom stereocenters. The molecule has 2 aromatic carbocycles. The van der Waals surface area contributed by atoms with E-state index in [2.05, 4.69) is 0 Å².